The Hall–Kier alpha value is -3.52. The maximum absolute atomic E-state index is 12.7. The highest BCUT2D eigenvalue weighted by Gasteiger charge is 2.25. The summed E-state index contributed by atoms with van der Waals surface area (Å²) < 4.78 is 12.1. The van der Waals surface area contributed by atoms with Gasteiger partial charge in [-0.25, -0.2) is 9.48 Å². The molecule has 0 unspecified atom stereocenters. The molecule has 1 amide bonds. The van der Waals surface area contributed by atoms with Crippen molar-refractivity contribution >= 4 is 29.2 Å². The number of piperazine rings is 1. The zero-order valence-electron chi connectivity index (χ0n) is 20.2. The van der Waals surface area contributed by atoms with Crippen molar-refractivity contribution in [2.24, 2.45) is 0 Å². The summed E-state index contributed by atoms with van der Waals surface area (Å²) in [4.78, 5) is 29.3. The number of carbonyl (C=O) groups excluding carboxylic acids is 2. The molecular formula is C26H29ClN4O4. The van der Waals surface area contributed by atoms with Gasteiger partial charge in [0.2, 0.25) is 0 Å². The second-order valence-corrected chi connectivity index (χ2v) is 8.89. The van der Waals surface area contributed by atoms with Gasteiger partial charge >= 0.3 is 5.97 Å². The van der Waals surface area contributed by atoms with E-state index in [1.165, 1.54) is 0 Å². The van der Waals surface area contributed by atoms with Crippen LogP contribution >= 0.6 is 11.6 Å². The van der Waals surface area contributed by atoms with Crippen LogP contribution in [0.5, 0.6) is 5.75 Å². The van der Waals surface area contributed by atoms with Gasteiger partial charge in [-0.3, -0.25) is 4.79 Å². The topological polar surface area (TPSA) is 76.9 Å². The Morgan fingerprint density at radius 1 is 0.971 bits per heavy atom. The van der Waals surface area contributed by atoms with E-state index in [0.717, 1.165) is 22.6 Å². The van der Waals surface area contributed by atoms with E-state index >= 15 is 0 Å². The molecule has 2 aromatic carbocycles. The van der Waals surface area contributed by atoms with Gasteiger partial charge < -0.3 is 19.3 Å². The largest absolute Gasteiger partial charge is 0.497 e. The predicted octanol–water partition coefficient (Wildman–Crippen LogP) is 3.72. The van der Waals surface area contributed by atoms with Gasteiger partial charge in [-0.1, -0.05) is 41.4 Å². The number of benzene rings is 2. The van der Waals surface area contributed by atoms with E-state index in [4.69, 9.17) is 21.1 Å². The number of carbonyl (C=O) groups is 2. The summed E-state index contributed by atoms with van der Waals surface area (Å²) in [5.41, 5.74) is 3.91. The molecule has 35 heavy (non-hydrogen) atoms. The monoisotopic (exact) mass is 496 g/mol. The Morgan fingerprint density at radius 2 is 1.63 bits per heavy atom. The zero-order valence-corrected chi connectivity index (χ0v) is 20.9. The van der Waals surface area contributed by atoms with E-state index in [9.17, 15) is 9.59 Å². The van der Waals surface area contributed by atoms with Gasteiger partial charge in [-0.2, -0.15) is 5.10 Å². The quantitative estimate of drug-likeness (QED) is 0.464. The second kappa shape index (κ2) is 10.8. The van der Waals surface area contributed by atoms with Crippen molar-refractivity contribution in [1.82, 2.24) is 14.7 Å². The molecule has 1 aliphatic rings. The number of amides is 1. The van der Waals surface area contributed by atoms with Crippen LogP contribution in [0.3, 0.4) is 0 Å². The third kappa shape index (κ3) is 5.77. The lowest BCUT2D eigenvalue weighted by atomic mass is 10.1. The Morgan fingerprint density at radius 3 is 2.26 bits per heavy atom. The molecule has 0 N–H and O–H groups in total. The van der Waals surface area contributed by atoms with Crippen LogP contribution in [0.25, 0.3) is 0 Å². The van der Waals surface area contributed by atoms with Crippen LogP contribution in [0, 0.1) is 13.8 Å². The molecule has 9 heteroatoms. The van der Waals surface area contributed by atoms with E-state index in [0.29, 0.717) is 38.4 Å². The lowest BCUT2D eigenvalue weighted by Gasteiger charge is -2.36. The van der Waals surface area contributed by atoms with Crippen LogP contribution < -0.4 is 9.64 Å². The summed E-state index contributed by atoms with van der Waals surface area (Å²) in [6.45, 7) is 6.32. The van der Waals surface area contributed by atoms with Gasteiger partial charge in [0.15, 0.2) is 6.61 Å². The van der Waals surface area contributed by atoms with Crippen molar-refractivity contribution < 1.29 is 19.1 Å². The van der Waals surface area contributed by atoms with Crippen molar-refractivity contribution in [2.45, 2.75) is 20.4 Å². The van der Waals surface area contributed by atoms with Gasteiger partial charge in [0, 0.05) is 31.9 Å². The van der Waals surface area contributed by atoms with Gasteiger partial charge in [0.1, 0.15) is 16.5 Å². The zero-order chi connectivity index (χ0) is 24.9. The standard InChI is InChI=1S/C26H29ClN4O4/c1-18-4-6-20(7-5-18)16-31-25(27)24(19(2)28-31)26(33)35-17-23(32)30-14-12-29(13-15-30)21-8-10-22(34-3)11-9-21/h4-11H,12-17H2,1-3H3. The molecule has 0 radical (unpaired) electrons. The van der Waals surface area contributed by atoms with Crippen molar-refractivity contribution in [3.8, 4) is 5.75 Å². The Kier molecular flexibility index (Phi) is 7.60. The second-order valence-electron chi connectivity index (χ2n) is 8.54. The first-order chi connectivity index (χ1) is 16.9. The molecule has 2 heterocycles. The third-order valence-corrected chi connectivity index (χ3v) is 6.50. The summed E-state index contributed by atoms with van der Waals surface area (Å²) in [5, 5.41) is 4.59. The predicted molar refractivity (Wildman–Crippen MR) is 134 cm³/mol. The van der Waals surface area contributed by atoms with Crippen LogP contribution in [0.15, 0.2) is 48.5 Å². The number of anilines is 1. The lowest BCUT2D eigenvalue weighted by molar-refractivity contribution is -0.134. The normalized spacial score (nSPS) is 13.6. The molecule has 1 fully saturated rings. The lowest BCUT2D eigenvalue weighted by Crippen LogP contribution is -2.49. The molecule has 1 aliphatic heterocycles. The maximum Gasteiger partial charge on any atom is 0.343 e. The Balaban J connectivity index is 1.30. The smallest absolute Gasteiger partial charge is 0.343 e. The van der Waals surface area contributed by atoms with Crippen LogP contribution in [0.2, 0.25) is 5.15 Å². The molecule has 0 saturated carbocycles. The number of ether oxygens (including phenoxy) is 2. The average Bonchev–Trinajstić information content (AvgIpc) is 3.16. The van der Waals surface area contributed by atoms with Crippen LogP contribution in [0.4, 0.5) is 5.69 Å². The highest BCUT2D eigenvalue weighted by atomic mass is 35.5. The molecule has 3 aromatic rings. The van der Waals surface area contributed by atoms with E-state index in [2.05, 4.69) is 10.00 Å². The summed E-state index contributed by atoms with van der Waals surface area (Å²) >= 11 is 6.45. The minimum absolute atomic E-state index is 0.191. The first-order valence-electron chi connectivity index (χ1n) is 11.5. The van der Waals surface area contributed by atoms with Gasteiger partial charge in [-0.15, -0.1) is 0 Å². The number of halogens is 1. The number of esters is 1. The molecule has 4 rings (SSSR count). The van der Waals surface area contributed by atoms with Crippen LogP contribution in [-0.4, -0.2) is 66.5 Å². The van der Waals surface area contributed by atoms with E-state index < -0.39 is 5.97 Å². The van der Waals surface area contributed by atoms with Crippen molar-refractivity contribution in [1.29, 1.82) is 0 Å². The van der Waals surface area contributed by atoms with Gasteiger partial charge in [-0.05, 0) is 43.7 Å². The summed E-state index contributed by atoms with van der Waals surface area (Å²) in [6.07, 6.45) is 0. The fourth-order valence-corrected chi connectivity index (χ4v) is 4.37. The number of nitrogens with zero attached hydrogens (tertiary/aromatic N) is 4. The number of rotatable bonds is 7. The number of aryl methyl sites for hydroxylation is 2. The molecule has 1 saturated heterocycles. The number of aromatic nitrogens is 2. The Bertz CT molecular complexity index is 1180. The van der Waals surface area contributed by atoms with Gasteiger partial charge in [0.25, 0.3) is 5.91 Å². The molecule has 0 atom stereocenters. The summed E-state index contributed by atoms with van der Waals surface area (Å²) in [5.74, 6) is -0.0677. The van der Waals surface area contributed by atoms with Gasteiger partial charge in [0.05, 0.1) is 19.3 Å². The first-order valence-corrected chi connectivity index (χ1v) is 11.9. The summed E-state index contributed by atoms with van der Waals surface area (Å²) in [7, 11) is 1.64. The van der Waals surface area contributed by atoms with Crippen molar-refractivity contribution in [2.75, 3.05) is 44.8 Å². The first kappa shape index (κ1) is 24.6. The molecular weight excluding hydrogens is 468 g/mol. The van der Waals surface area contributed by atoms with E-state index in [-0.39, 0.29) is 23.2 Å². The Labute approximate surface area is 210 Å². The molecule has 0 bridgehead atoms. The van der Waals surface area contributed by atoms with E-state index in [1.54, 1.807) is 23.6 Å². The molecule has 1 aromatic heterocycles. The maximum atomic E-state index is 12.7. The number of methoxy groups -OCH3 is 1. The SMILES string of the molecule is COc1ccc(N2CCN(C(=O)COC(=O)c3c(C)nn(Cc4ccc(C)cc4)c3Cl)CC2)cc1. The highest BCUT2D eigenvalue weighted by molar-refractivity contribution is 6.32. The molecule has 184 valence electrons. The fourth-order valence-electron chi connectivity index (χ4n) is 4.05. The van der Waals surface area contributed by atoms with Crippen molar-refractivity contribution in [3.05, 3.63) is 76.1 Å². The average molecular weight is 497 g/mol. The number of hydrogen-bond acceptors (Lipinski definition) is 6. The minimum atomic E-state index is -0.645. The fraction of sp³-hybridized carbons (Fsp3) is 0.346. The third-order valence-electron chi connectivity index (χ3n) is 6.12. The molecule has 8 nitrogen and oxygen atoms in total. The summed E-state index contributed by atoms with van der Waals surface area (Å²) in [6, 6.07) is 15.9. The minimum Gasteiger partial charge on any atom is -0.497 e. The highest BCUT2D eigenvalue weighted by Crippen LogP contribution is 2.23. The van der Waals surface area contributed by atoms with Crippen LogP contribution in [0.1, 0.15) is 27.2 Å². The van der Waals surface area contributed by atoms with E-state index in [1.807, 2.05) is 55.5 Å². The number of hydrogen-bond donors (Lipinski definition) is 0. The molecule has 0 spiro atoms. The molecule has 0 aliphatic carbocycles. The van der Waals surface area contributed by atoms with Crippen LogP contribution in [-0.2, 0) is 16.1 Å². The van der Waals surface area contributed by atoms with Crippen molar-refractivity contribution in [3.63, 3.8) is 0 Å².